The minimum atomic E-state index is -0.296. The van der Waals surface area contributed by atoms with E-state index >= 15 is 0 Å². The number of carbonyl (C=O) groups excluding carboxylic acids is 2. The number of carbonyl (C=O) groups is 2. The third kappa shape index (κ3) is 5.25. The van der Waals surface area contributed by atoms with Gasteiger partial charge in [-0.05, 0) is 61.6 Å². The highest BCUT2D eigenvalue weighted by molar-refractivity contribution is 7.80. The van der Waals surface area contributed by atoms with Gasteiger partial charge in [-0.1, -0.05) is 42.0 Å². The minimum absolute atomic E-state index is 0.159. The van der Waals surface area contributed by atoms with E-state index in [0.29, 0.717) is 22.5 Å². The van der Waals surface area contributed by atoms with Crippen molar-refractivity contribution in [3.05, 3.63) is 95.6 Å². The first-order chi connectivity index (χ1) is 13.5. The summed E-state index contributed by atoms with van der Waals surface area (Å²) in [6.07, 6.45) is 0. The Balaban J connectivity index is 1.62. The fourth-order valence-corrected chi connectivity index (χ4v) is 2.72. The number of nitrogens with one attached hydrogen (secondary N) is 3. The maximum Gasteiger partial charge on any atom is 0.257 e. The molecule has 0 aliphatic rings. The number of hydrogen-bond acceptors (Lipinski definition) is 3. The monoisotopic (exact) mass is 389 g/mol. The van der Waals surface area contributed by atoms with Crippen molar-refractivity contribution < 1.29 is 9.59 Å². The minimum Gasteiger partial charge on any atom is -0.332 e. The molecule has 0 aliphatic carbocycles. The van der Waals surface area contributed by atoms with Crippen LogP contribution < -0.4 is 16.0 Å². The molecule has 0 heterocycles. The summed E-state index contributed by atoms with van der Waals surface area (Å²) in [6, 6.07) is 23.3. The first kappa shape index (κ1) is 19.3. The molecule has 0 fully saturated rings. The number of aryl methyl sites for hydroxylation is 1. The summed E-state index contributed by atoms with van der Waals surface area (Å²) in [5, 5.41) is 8.55. The van der Waals surface area contributed by atoms with Gasteiger partial charge in [-0.15, -0.1) is 0 Å². The smallest absolute Gasteiger partial charge is 0.257 e. The standard InChI is InChI=1S/C22H19N3O2S/c1-15-10-12-16(13-11-15)20(26)25-22(28)24-19-9-5-6-17(14-19)21(27)23-18-7-3-2-4-8-18/h2-14H,1H3,(H,23,27)(H2,24,25,26,28). The summed E-state index contributed by atoms with van der Waals surface area (Å²) >= 11 is 5.21. The maximum absolute atomic E-state index is 12.4. The Bertz CT molecular complexity index is 1000. The van der Waals surface area contributed by atoms with E-state index in [1.807, 2.05) is 49.4 Å². The fourth-order valence-electron chi connectivity index (χ4n) is 2.51. The number of anilines is 2. The Labute approximate surface area is 168 Å². The predicted molar refractivity (Wildman–Crippen MR) is 116 cm³/mol. The number of para-hydroxylation sites is 1. The van der Waals surface area contributed by atoms with Gasteiger partial charge in [0.05, 0.1) is 0 Å². The number of amides is 2. The predicted octanol–water partition coefficient (Wildman–Crippen LogP) is 4.37. The van der Waals surface area contributed by atoms with Crippen LogP contribution in [-0.4, -0.2) is 16.9 Å². The second-order valence-corrected chi connectivity index (χ2v) is 6.58. The van der Waals surface area contributed by atoms with Crippen molar-refractivity contribution in [3.8, 4) is 0 Å². The van der Waals surface area contributed by atoms with Gasteiger partial charge in [-0.3, -0.25) is 14.9 Å². The molecule has 3 N–H and O–H groups in total. The van der Waals surface area contributed by atoms with Crippen molar-refractivity contribution >= 4 is 40.5 Å². The van der Waals surface area contributed by atoms with Crippen LogP contribution in [0.3, 0.4) is 0 Å². The Morgan fingerprint density at radius 3 is 2.11 bits per heavy atom. The topological polar surface area (TPSA) is 70.2 Å². The van der Waals surface area contributed by atoms with Gasteiger partial charge in [-0.25, -0.2) is 0 Å². The SMILES string of the molecule is Cc1ccc(C(=O)NC(=S)Nc2cccc(C(=O)Nc3ccccc3)c2)cc1. The highest BCUT2D eigenvalue weighted by atomic mass is 32.1. The van der Waals surface area contributed by atoms with Gasteiger partial charge in [-0.2, -0.15) is 0 Å². The van der Waals surface area contributed by atoms with Crippen molar-refractivity contribution in [1.82, 2.24) is 5.32 Å². The molecule has 0 spiro atoms. The van der Waals surface area contributed by atoms with E-state index in [2.05, 4.69) is 16.0 Å². The third-order valence-electron chi connectivity index (χ3n) is 3.96. The Morgan fingerprint density at radius 1 is 0.714 bits per heavy atom. The van der Waals surface area contributed by atoms with Crippen molar-refractivity contribution in [1.29, 1.82) is 0 Å². The highest BCUT2D eigenvalue weighted by Crippen LogP contribution is 2.13. The molecule has 0 aromatic heterocycles. The van der Waals surface area contributed by atoms with Gasteiger partial charge < -0.3 is 10.6 Å². The zero-order valence-corrected chi connectivity index (χ0v) is 16.0. The van der Waals surface area contributed by atoms with E-state index in [1.165, 1.54) is 0 Å². The van der Waals surface area contributed by atoms with Crippen LogP contribution in [0.1, 0.15) is 26.3 Å². The van der Waals surface area contributed by atoms with E-state index in [4.69, 9.17) is 12.2 Å². The number of benzene rings is 3. The molecule has 5 nitrogen and oxygen atoms in total. The van der Waals surface area contributed by atoms with Crippen LogP contribution in [0.5, 0.6) is 0 Å². The molecule has 0 aliphatic heterocycles. The van der Waals surface area contributed by atoms with Gasteiger partial charge in [0.15, 0.2) is 5.11 Å². The van der Waals surface area contributed by atoms with Gasteiger partial charge >= 0.3 is 0 Å². The molecule has 3 aromatic carbocycles. The first-order valence-corrected chi connectivity index (χ1v) is 9.07. The van der Waals surface area contributed by atoms with Crippen molar-refractivity contribution in [2.45, 2.75) is 6.92 Å². The van der Waals surface area contributed by atoms with Gasteiger partial charge in [0, 0.05) is 22.5 Å². The molecule has 3 rings (SSSR count). The lowest BCUT2D eigenvalue weighted by molar-refractivity contribution is 0.0976. The zero-order valence-electron chi connectivity index (χ0n) is 15.2. The molecular weight excluding hydrogens is 370 g/mol. The van der Waals surface area contributed by atoms with Crippen LogP contribution in [0.4, 0.5) is 11.4 Å². The molecule has 0 bridgehead atoms. The molecule has 0 saturated heterocycles. The lowest BCUT2D eigenvalue weighted by Crippen LogP contribution is -2.34. The highest BCUT2D eigenvalue weighted by Gasteiger charge is 2.10. The van der Waals surface area contributed by atoms with Gasteiger partial charge in [0.1, 0.15) is 0 Å². The van der Waals surface area contributed by atoms with Gasteiger partial charge in [0.2, 0.25) is 0 Å². The number of thiocarbonyl (C=S) groups is 1. The summed E-state index contributed by atoms with van der Waals surface area (Å²) in [4.78, 5) is 24.6. The van der Waals surface area contributed by atoms with E-state index in [9.17, 15) is 9.59 Å². The Morgan fingerprint density at radius 2 is 1.39 bits per heavy atom. The Hall–Kier alpha value is -3.51. The maximum atomic E-state index is 12.4. The molecule has 0 unspecified atom stereocenters. The second kappa shape index (κ2) is 8.92. The van der Waals surface area contributed by atoms with E-state index in [1.54, 1.807) is 36.4 Å². The molecule has 2 amide bonds. The van der Waals surface area contributed by atoms with Crippen LogP contribution >= 0.6 is 12.2 Å². The lowest BCUT2D eigenvalue weighted by Gasteiger charge is -2.11. The lowest BCUT2D eigenvalue weighted by atomic mass is 10.1. The molecule has 0 radical (unpaired) electrons. The first-order valence-electron chi connectivity index (χ1n) is 8.67. The van der Waals surface area contributed by atoms with Crippen LogP contribution in [0.2, 0.25) is 0 Å². The van der Waals surface area contributed by atoms with Gasteiger partial charge in [0.25, 0.3) is 11.8 Å². The molecular formula is C22H19N3O2S. The second-order valence-electron chi connectivity index (χ2n) is 6.18. The summed E-state index contributed by atoms with van der Waals surface area (Å²) < 4.78 is 0. The summed E-state index contributed by atoms with van der Waals surface area (Å²) in [6.45, 7) is 1.95. The van der Waals surface area contributed by atoms with Crippen LogP contribution in [0.15, 0.2) is 78.9 Å². The fraction of sp³-hybridized carbons (Fsp3) is 0.0455. The third-order valence-corrected chi connectivity index (χ3v) is 4.16. The molecule has 140 valence electrons. The van der Waals surface area contributed by atoms with Crippen LogP contribution in [0.25, 0.3) is 0 Å². The van der Waals surface area contributed by atoms with Crippen molar-refractivity contribution in [2.75, 3.05) is 10.6 Å². The van der Waals surface area contributed by atoms with E-state index in [-0.39, 0.29) is 16.9 Å². The molecule has 6 heteroatoms. The summed E-state index contributed by atoms with van der Waals surface area (Å²) in [5.41, 5.74) is 3.39. The average molecular weight is 389 g/mol. The van der Waals surface area contributed by atoms with E-state index in [0.717, 1.165) is 5.56 Å². The molecule has 3 aromatic rings. The van der Waals surface area contributed by atoms with Crippen LogP contribution in [-0.2, 0) is 0 Å². The summed E-state index contributed by atoms with van der Waals surface area (Å²) in [7, 11) is 0. The largest absolute Gasteiger partial charge is 0.332 e. The molecule has 0 saturated carbocycles. The Kier molecular flexibility index (Phi) is 6.14. The van der Waals surface area contributed by atoms with Crippen molar-refractivity contribution in [2.24, 2.45) is 0 Å². The molecule has 0 atom stereocenters. The molecule has 28 heavy (non-hydrogen) atoms. The summed E-state index contributed by atoms with van der Waals surface area (Å²) in [5.74, 6) is -0.528. The number of rotatable bonds is 4. The average Bonchev–Trinajstić information content (AvgIpc) is 2.69. The normalized spacial score (nSPS) is 10.0. The number of hydrogen-bond donors (Lipinski definition) is 3. The van der Waals surface area contributed by atoms with Crippen molar-refractivity contribution in [3.63, 3.8) is 0 Å². The quantitative estimate of drug-likeness (QED) is 0.580. The van der Waals surface area contributed by atoms with E-state index < -0.39 is 0 Å². The zero-order chi connectivity index (χ0) is 19.9. The van der Waals surface area contributed by atoms with Crippen LogP contribution in [0, 0.1) is 6.92 Å².